The molecule has 0 saturated heterocycles. The Kier molecular flexibility index (Phi) is 4.93. The van der Waals surface area contributed by atoms with Crippen LogP contribution in [0.1, 0.15) is 25.7 Å². The van der Waals surface area contributed by atoms with Gasteiger partial charge in [-0.2, -0.15) is 0 Å². The van der Waals surface area contributed by atoms with Crippen LogP contribution in [0.3, 0.4) is 0 Å². The summed E-state index contributed by atoms with van der Waals surface area (Å²) in [7, 11) is 1.58. The number of nitrogens with zero attached hydrogens (tertiary/aromatic N) is 1. The van der Waals surface area contributed by atoms with Crippen LogP contribution in [0.25, 0.3) is 10.9 Å². The van der Waals surface area contributed by atoms with Crippen molar-refractivity contribution >= 4 is 28.4 Å². The number of fused-ring (bicyclic) bond motifs is 1. The summed E-state index contributed by atoms with van der Waals surface area (Å²) >= 11 is 0. The molecular weight excluding hydrogens is 306 g/mol. The van der Waals surface area contributed by atoms with Crippen LogP contribution >= 0.6 is 0 Å². The molecule has 3 rings (SSSR count). The molecule has 2 N–H and O–H groups in total. The monoisotopic (exact) mass is 327 g/mol. The molecule has 126 valence electrons. The minimum atomic E-state index is -0.253. The summed E-state index contributed by atoms with van der Waals surface area (Å²) in [4.78, 5) is 28.4. The number of ether oxygens (including phenoxy) is 1. The van der Waals surface area contributed by atoms with E-state index in [0.29, 0.717) is 17.0 Å². The number of anilines is 1. The fraction of sp³-hybridized carbons (Fsp3) is 0.389. The van der Waals surface area contributed by atoms with E-state index < -0.39 is 0 Å². The van der Waals surface area contributed by atoms with Crippen LogP contribution in [0.15, 0.2) is 30.5 Å². The lowest BCUT2D eigenvalue weighted by Crippen LogP contribution is -2.36. The van der Waals surface area contributed by atoms with Crippen LogP contribution in [0, 0.1) is 5.92 Å². The number of carbonyl (C=O) groups is 2. The van der Waals surface area contributed by atoms with E-state index in [2.05, 4.69) is 15.6 Å². The average Bonchev–Trinajstić information content (AvgIpc) is 3.15. The first-order valence-corrected chi connectivity index (χ1v) is 8.18. The lowest BCUT2D eigenvalue weighted by Gasteiger charge is -2.12. The molecule has 0 atom stereocenters. The number of hydrogen-bond donors (Lipinski definition) is 2. The van der Waals surface area contributed by atoms with Crippen molar-refractivity contribution in [3.05, 3.63) is 30.5 Å². The normalized spacial score (nSPS) is 14.5. The van der Waals surface area contributed by atoms with Gasteiger partial charge in [0.25, 0.3) is 0 Å². The number of rotatable bonds is 5. The van der Waals surface area contributed by atoms with Crippen LogP contribution in [0.2, 0.25) is 0 Å². The number of hydrogen-bond acceptors (Lipinski definition) is 4. The van der Waals surface area contributed by atoms with E-state index in [1.807, 2.05) is 6.07 Å². The predicted molar refractivity (Wildman–Crippen MR) is 91.9 cm³/mol. The Labute approximate surface area is 140 Å². The number of amides is 2. The van der Waals surface area contributed by atoms with E-state index in [9.17, 15) is 9.59 Å². The highest BCUT2D eigenvalue weighted by molar-refractivity contribution is 6.04. The topological polar surface area (TPSA) is 80.3 Å². The van der Waals surface area contributed by atoms with E-state index in [0.717, 1.165) is 31.1 Å². The molecule has 2 amide bonds. The zero-order valence-electron chi connectivity index (χ0n) is 13.7. The lowest BCUT2D eigenvalue weighted by atomic mass is 10.1. The van der Waals surface area contributed by atoms with Crippen LogP contribution in [0.4, 0.5) is 5.69 Å². The molecule has 2 aromatic rings. The van der Waals surface area contributed by atoms with Gasteiger partial charge in [0.2, 0.25) is 11.8 Å². The Morgan fingerprint density at radius 3 is 2.79 bits per heavy atom. The van der Waals surface area contributed by atoms with E-state index in [-0.39, 0.29) is 24.3 Å². The first kappa shape index (κ1) is 16.2. The fourth-order valence-corrected chi connectivity index (χ4v) is 3.11. The predicted octanol–water partition coefficient (Wildman–Crippen LogP) is 2.49. The Morgan fingerprint density at radius 2 is 2.04 bits per heavy atom. The van der Waals surface area contributed by atoms with E-state index in [1.54, 1.807) is 31.5 Å². The summed E-state index contributed by atoms with van der Waals surface area (Å²) in [6.07, 6.45) is 5.70. The molecule has 0 spiro atoms. The van der Waals surface area contributed by atoms with E-state index in [1.165, 1.54) is 0 Å². The average molecular weight is 327 g/mol. The van der Waals surface area contributed by atoms with Gasteiger partial charge in [-0.3, -0.25) is 14.6 Å². The Hall–Kier alpha value is -2.63. The highest BCUT2D eigenvalue weighted by Crippen LogP contribution is 2.29. The van der Waals surface area contributed by atoms with Gasteiger partial charge in [-0.25, -0.2) is 0 Å². The van der Waals surface area contributed by atoms with Crippen molar-refractivity contribution < 1.29 is 14.3 Å². The van der Waals surface area contributed by atoms with Gasteiger partial charge in [0.05, 0.1) is 19.3 Å². The smallest absolute Gasteiger partial charge is 0.243 e. The highest BCUT2D eigenvalue weighted by Gasteiger charge is 2.22. The molecule has 1 aromatic carbocycles. The molecule has 0 unspecified atom stereocenters. The van der Waals surface area contributed by atoms with Crippen molar-refractivity contribution in [1.82, 2.24) is 10.3 Å². The largest absolute Gasteiger partial charge is 0.494 e. The second-order valence-electron chi connectivity index (χ2n) is 5.96. The second-order valence-corrected chi connectivity index (χ2v) is 5.96. The summed E-state index contributed by atoms with van der Waals surface area (Å²) in [6.45, 7) is -0.0247. The molecule has 6 heteroatoms. The maximum Gasteiger partial charge on any atom is 0.243 e. The number of nitrogens with one attached hydrogen (secondary N) is 2. The number of carbonyl (C=O) groups excluding carboxylic acids is 2. The minimum absolute atomic E-state index is 0.0242. The molecule has 1 fully saturated rings. The van der Waals surface area contributed by atoms with Crippen molar-refractivity contribution in [3.8, 4) is 5.75 Å². The van der Waals surface area contributed by atoms with E-state index >= 15 is 0 Å². The van der Waals surface area contributed by atoms with Gasteiger partial charge >= 0.3 is 0 Å². The third-order valence-corrected chi connectivity index (χ3v) is 4.38. The SMILES string of the molecule is COc1ccc(NC(=O)CNC(=O)C2CCCC2)c2cccnc12. The number of aromatic nitrogens is 1. The third-order valence-electron chi connectivity index (χ3n) is 4.38. The second kappa shape index (κ2) is 7.29. The first-order chi connectivity index (χ1) is 11.7. The highest BCUT2D eigenvalue weighted by atomic mass is 16.5. The van der Waals surface area contributed by atoms with Crippen molar-refractivity contribution in [1.29, 1.82) is 0 Å². The third kappa shape index (κ3) is 3.48. The lowest BCUT2D eigenvalue weighted by molar-refractivity contribution is -0.127. The van der Waals surface area contributed by atoms with Crippen molar-refractivity contribution in [3.63, 3.8) is 0 Å². The van der Waals surface area contributed by atoms with Gasteiger partial charge in [0, 0.05) is 17.5 Å². The minimum Gasteiger partial charge on any atom is -0.494 e. The molecule has 6 nitrogen and oxygen atoms in total. The van der Waals surface area contributed by atoms with Crippen molar-refractivity contribution in [2.24, 2.45) is 5.92 Å². The summed E-state index contributed by atoms with van der Waals surface area (Å²) < 4.78 is 5.29. The molecule has 1 saturated carbocycles. The van der Waals surface area contributed by atoms with Gasteiger partial charge in [-0.1, -0.05) is 12.8 Å². The zero-order valence-corrected chi connectivity index (χ0v) is 13.7. The number of benzene rings is 1. The summed E-state index contributed by atoms with van der Waals surface area (Å²) in [5.74, 6) is 0.433. The Balaban J connectivity index is 1.66. The van der Waals surface area contributed by atoms with Crippen molar-refractivity contribution in [2.45, 2.75) is 25.7 Å². The maximum atomic E-state index is 12.2. The molecule has 0 bridgehead atoms. The standard InChI is InChI=1S/C18H21N3O3/c1-24-15-9-8-14(13-7-4-10-19-17(13)15)21-16(22)11-20-18(23)12-5-2-3-6-12/h4,7-10,12H,2-3,5-6,11H2,1H3,(H,20,23)(H,21,22). The van der Waals surface area contributed by atoms with Gasteiger partial charge in [0.15, 0.2) is 0 Å². The maximum absolute atomic E-state index is 12.2. The van der Waals surface area contributed by atoms with Crippen LogP contribution < -0.4 is 15.4 Å². The van der Waals surface area contributed by atoms with Crippen LogP contribution in [-0.2, 0) is 9.59 Å². The fourth-order valence-electron chi connectivity index (χ4n) is 3.11. The summed E-state index contributed by atoms with van der Waals surface area (Å²) in [5, 5.41) is 6.36. The molecular formula is C18H21N3O3. The van der Waals surface area contributed by atoms with Gasteiger partial charge in [-0.15, -0.1) is 0 Å². The number of pyridine rings is 1. The molecule has 0 aliphatic heterocycles. The Morgan fingerprint density at radius 1 is 1.25 bits per heavy atom. The molecule has 0 radical (unpaired) electrons. The first-order valence-electron chi connectivity index (χ1n) is 8.18. The molecule has 1 aliphatic rings. The summed E-state index contributed by atoms with van der Waals surface area (Å²) in [6, 6.07) is 7.22. The van der Waals surface area contributed by atoms with Crippen molar-refractivity contribution in [2.75, 3.05) is 19.0 Å². The zero-order chi connectivity index (χ0) is 16.9. The number of methoxy groups -OCH3 is 1. The van der Waals surface area contributed by atoms with Crippen LogP contribution in [0.5, 0.6) is 5.75 Å². The summed E-state index contributed by atoms with van der Waals surface area (Å²) in [5.41, 5.74) is 1.34. The van der Waals surface area contributed by atoms with Gasteiger partial charge in [-0.05, 0) is 37.1 Å². The quantitative estimate of drug-likeness (QED) is 0.884. The molecule has 1 aliphatic carbocycles. The molecule has 1 heterocycles. The van der Waals surface area contributed by atoms with Gasteiger partial charge in [0.1, 0.15) is 11.3 Å². The van der Waals surface area contributed by atoms with E-state index in [4.69, 9.17) is 4.74 Å². The molecule has 1 aromatic heterocycles. The Bertz CT molecular complexity index is 754. The molecule has 24 heavy (non-hydrogen) atoms. The van der Waals surface area contributed by atoms with Gasteiger partial charge < -0.3 is 15.4 Å². The van der Waals surface area contributed by atoms with Crippen LogP contribution in [-0.4, -0.2) is 30.5 Å².